The number of methoxy groups -OCH3 is 1. The van der Waals surface area contributed by atoms with Crippen molar-refractivity contribution in [2.45, 2.75) is 37.8 Å². The first kappa shape index (κ1) is 16.0. The van der Waals surface area contributed by atoms with E-state index in [1.165, 1.54) is 14.9 Å². The van der Waals surface area contributed by atoms with Crippen LogP contribution in [0.5, 0.6) is 0 Å². The minimum absolute atomic E-state index is 0.144. The van der Waals surface area contributed by atoms with Crippen LogP contribution in [0.1, 0.15) is 26.3 Å². The molecule has 2 nitrogen and oxygen atoms in total. The van der Waals surface area contributed by atoms with E-state index < -0.39 is 0 Å². The van der Waals surface area contributed by atoms with Crippen molar-refractivity contribution in [1.29, 1.82) is 0 Å². The van der Waals surface area contributed by atoms with Crippen molar-refractivity contribution in [3.8, 4) is 0 Å². The molecule has 0 aromatic heterocycles. The summed E-state index contributed by atoms with van der Waals surface area (Å²) in [6, 6.07) is 6.53. The van der Waals surface area contributed by atoms with Crippen molar-refractivity contribution in [2.24, 2.45) is 0 Å². The molecule has 0 aliphatic rings. The Kier molecular flexibility index (Phi) is 6.71. The van der Waals surface area contributed by atoms with Gasteiger partial charge in [-0.15, -0.1) is 11.8 Å². The van der Waals surface area contributed by atoms with Gasteiger partial charge in [-0.2, -0.15) is 0 Å². The highest BCUT2D eigenvalue weighted by Gasteiger charge is 2.10. The lowest BCUT2D eigenvalue weighted by atomic mass is 10.1. The van der Waals surface area contributed by atoms with Crippen molar-refractivity contribution in [3.05, 3.63) is 28.2 Å². The molecule has 1 aromatic carbocycles. The summed E-state index contributed by atoms with van der Waals surface area (Å²) in [5, 5.41) is 3.49. The molecule has 0 heterocycles. The monoisotopic (exact) mass is 331 g/mol. The van der Waals surface area contributed by atoms with Crippen molar-refractivity contribution >= 4 is 27.7 Å². The minimum Gasteiger partial charge on any atom is -0.384 e. The quantitative estimate of drug-likeness (QED) is 0.627. The fourth-order valence-corrected chi connectivity index (χ4v) is 2.89. The lowest BCUT2D eigenvalue weighted by Gasteiger charge is -2.21. The summed E-state index contributed by atoms with van der Waals surface area (Å²) in [7, 11) is 1.73. The highest BCUT2D eigenvalue weighted by atomic mass is 79.9. The number of benzene rings is 1. The molecule has 1 rings (SSSR count). The first-order chi connectivity index (χ1) is 8.42. The minimum atomic E-state index is 0.144. The third kappa shape index (κ3) is 6.23. The second kappa shape index (κ2) is 7.53. The number of nitrogens with one attached hydrogen (secondary N) is 1. The summed E-state index contributed by atoms with van der Waals surface area (Å²) in [5.41, 5.74) is 1.44. The summed E-state index contributed by atoms with van der Waals surface area (Å²) in [5.74, 6) is 0.989. The lowest BCUT2D eigenvalue weighted by Crippen LogP contribution is -2.35. The van der Waals surface area contributed by atoms with E-state index in [1.807, 2.05) is 11.8 Å². The number of hydrogen-bond donors (Lipinski definition) is 1. The molecular weight excluding hydrogens is 310 g/mol. The summed E-state index contributed by atoms with van der Waals surface area (Å²) >= 11 is 5.46. The molecule has 0 bridgehead atoms. The molecule has 0 aliphatic carbocycles. The molecular formula is C14H22BrNOS. The molecule has 0 radical (unpaired) electrons. The van der Waals surface area contributed by atoms with Gasteiger partial charge in [0.25, 0.3) is 0 Å². The van der Waals surface area contributed by atoms with Crippen LogP contribution in [0.15, 0.2) is 27.6 Å². The number of ether oxygens (including phenoxy) is 1. The normalized spacial score (nSPS) is 11.8. The standard InChI is InChI=1S/C14H22BrNOS/c1-14(2,3)16-10-11-5-6-12(9-13(11)15)18-8-7-17-4/h5-6,9,16H,7-8,10H2,1-4H3. The summed E-state index contributed by atoms with van der Waals surface area (Å²) in [4.78, 5) is 1.28. The third-order valence-electron chi connectivity index (χ3n) is 2.39. The average molecular weight is 332 g/mol. The predicted octanol–water partition coefficient (Wildman–Crippen LogP) is 4.08. The molecule has 0 aliphatic heterocycles. The van der Waals surface area contributed by atoms with E-state index in [-0.39, 0.29) is 5.54 Å². The van der Waals surface area contributed by atoms with Gasteiger partial charge in [0.05, 0.1) is 6.61 Å². The van der Waals surface area contributed by atoms with E-state index in [0.717, 1.165) is 18.9 Å². The number of thioether (sulfide) groups is 1. The van der Waals surface area contributed by atoms with Gasteiger partial charge in [-0.25, -0.2) is 0 Å². The molecule has 1 N–H and O–H groups in total. The smallest absolute Gasteiger partial charge is 0.0556 e. The maximum Gasteiger partial charge on any atom is 0.0556 e. The van der Waals surface area contributed by atoms with Gasteiger partial charge in [0, 0.05) is 34.3 Å². The Morgan fingerprint density at radius 2 is 2.06 bits per heavy atom. The van der Waals surface area contributed by atoms with E-state index in [4.69, 9.17) is 4.74 Å². The summed E-state index contributed by atoms with van der Waals surface area (Å²) in [6.07, 6.45) is 0. The van der Waals surface area contributed by atoms with E-state index in [2.05, 4.69) is 60.2 Å². The fraction of sp³-hybridized carbons (Fsp3) is 0.571. The maximum atomic E-state index is 5.05. The number of halogens is 1. The number of hydrogen-bond acceptors (Lipinski definition) is 3. The highest BCUT2D eigenvalue weighted by molar-refractivity contribution is 9.10. The second-order valence-electron chi connectivity index (χ2n) is 5.20. The molecule has 0 saturated carbocycles. The van der Waals surface area contributed by atoms with Crippen molar-refractivity contribution in [2.75, 3.05) is 19.5 Å². The van der Waals surface area contributed by atoms with Gasteiger partial charge in [-0.3, -0.25) is 0 Å². The van der Waals surface area contributed by atoms with Crippen LogP contribution in [0.4, 0.5) is 0 Å². The lowest BCUT2D eigenvalue weighted by molar-refractivity contribution is 0.218. The van der Waals surface area contributed by atoms with Crippen LogP contribution in [0, 0.1) is 0 Å². The molecule has 0 amide bonds. The van der Waals surface area contributed by atoms with Gasteiger partial charge in [-0.05, 0) is 38.5 Å². The zero-order chi connectivity index (χ0) is 13.6. The Morgan fingerprint density at radius 3 is 2.61 bits per heavy atom. The van der Waals surface area contributed by atoms with Gasteiger partial charge in [0.1, 0.15) is 0 Å². The Morgan fingerprint density at radius 1 is 1.33 bits per heavy atom. The molecule has 0 atom stereocenters. The van der Waals surface area contributed by atoms with Gasteiger partial charge in [-0.1, -0.05) is 22.0 Å². The Bertz CT molecular complexity index is 377. The van der Waals surface area contributed by atoms with Gasteiger partial charge < -0.3 is 10.1 Å². The van der Waals surface area contributed by atoms with E-state index in [0.29, 0.717) is 0 Å². The maximum absolute atomic E-state index is 5.05. The van der Waals surface area contributed by atoms with E-state index >= 15 is 0 Å². The third-order valence-corrected chi connectivity index (χ3v) is 4.09. The number of rotatable bonds is 6. The summed E-state index contributed by atoms with van der Waals surface area (Å²) < 4.78 is 6.22. The van der Waals surface area contributed by atoms with Crippen LogP contribution >= 0.6 is 27.7 Å². The van der Waals surface area contributed by atoms with E-state index in [1.54, 1.807) is 7.11 Å². The van der Waals surface area contributed by atoms with Crippen molar-refractivity contribution in [1.82, 2.24) is 5.32 Å². The Labute approximate surface area is 123 Å². The summed E-state index contributed by atoms with van der Waals surface area (Å²) in [6.45, 7) is 8.20. The van der Waals surface area contributed by atoms with Crippen LogP contribution < -0.4 is 5.32 Å². The SMILES string of the molecule is COCCSc1ccc(CNC(C)(C)C)c(Br)c1. The van der Waals surface area contributed by atoms with Crippen LogP contribution in [-0.4, -0.2) is 25.0 Å². The molecule has 18 heavy (non-hydrogen) atoms. The van der Waals surface area contributed by atoms with Crippen LogP contribution in [0.25, 0.3) is 0 Å². The molecule has 0 fully saturated rings. The largest absolute Gasteiger partial charge is 0.384 e. The highest BCUT2D eigenvalue weighted by Crippen LogP contribution is 2.25. The van der Waals surface area contributed by atoms with Gasteiger partial charge in [0.2, 0.25) is 0 Å². The first-order valence-corrected chi connectivity index (χ1v) is 7.85. The van der Waals surface area contributed by atoms with Gasteiger partial charge in [0.15, 0.2) is 0 Å². The molecule has 0 spiro atoms. The van der Waals surface area contributed by atoms with Crippen molar-refractivity contribution < 1.29 is 4.74 Å². The zero-order valence-corrected chi connectivity index (χ0v) is 14.0. The zero-order valence-electron chi connectivity index (χ0n) is 11.5. The predicted molar refractivity (Wildman–Crippen MR) is 83.3 cm³/mol. The van der Waals surface area contributed by atoms with Crippen molar-refractivity contribution in [3.63, 3.8) is 0 Å². The molecule has 0 saturated heterocycles. The fourth-order valence-electron chi connectivity index (χ4n) is 1.36. The van der Waals surface area contributed by atoms with Crippen LogP contribution in [-0.2, 0) is 11.3 Å². The molecule has 4 heteroatoms. The average Bonchev–Trinajstić information content (AvgIpc) is 2.27. The topological polar surface area (TPSA) is 21.3 Å². The van der Waals surface area contributed by atoms with E-state index in [9.17, 15) is 0 Å². The van der Waals surface area contributed by atoms with Crippen LogP contribution in [0.2, 0.25) is 0 Å². The Hall–Kier alpha value is -0.0300. The van der Waals surface area contributed by atoms with Gasteiger partial charge >= 0.3 is 0 Å². The second-order valence-corrected chi connectivity index (χ2v) is 7.22. The first-order valence-electron chi connectivity index (χ1n) is 6.07. The van der Waals surface area contributed by atoms with Crippen LogP contribution in [0.3, 0.4) is 0 Å². The molecule has 102 valence electrons. The Balaban J connectivity index is 2.56. The molecule has 1 aromatic rings. The molecule has 0 unspecified atom stereocenters.